The summed E-state index contributed by atoms with van der Waals surface area (Å²) in [6, 6.07) is 3.54. The van der Waals surface area contributed by atoms with E-state index >= 15 is 0 Å². The second-order valence-corrected chi connectivity index (χ2v) is 4.36. The van der Waals surface area contributed by atoms with Crippen molar-refractivity contribution in [3.63, 3.8) is 0 Å². The molecule has 0 spiro atoms. The number of rotatable bonds is 3. The number of ether oxygens (including phenoxy) is 1. The van der Waals surface area contributed by atoms with Crippen molar-refractivity contribution in [2.45, 2.75) is 6.18 Å². The number of amidine groups is 1. The Balaban J connectivity index is 3.39. The van der Waals surface area contributed by atoms with Crippen molar-refractivity contribution in [1.29, 1.82) is 5.26 Å². The molecule has 1 rings (SSSR count). The molecule has 112 valence electrons. The fraction of sp³-hybridized carbons (Fsp3) is 0.250. The lowest BCUT2D eigenvalue weighted by atomic mass is 10.1. The number of Topliss-reactive ketones (excluding diaryl/α,β-unsaturated/α-hetero) is 1. The molecule has 1 N–H and O–H groups in total. The van der Waals surface area contributed by atoms with E-state index in [1.165, 1.54) is 19.2 Å². The summed E-state index contributed by atoms with van der Waals surface area (Å²) in [6.45, 7) is 0. The van der Waals surface area contributed by atoms with Crippen molar-refractivity contribution in [2.24, 2.45) is 4.99 Å². The lowest BCUT2D eigenvalue weighted by molar-refractivity contribution is -0.0884. The molecule has 0 aliphatic carbocycles. The van der Waals surface area contributed by atoms with Gasteiger partial charge in [0.1, 0.15) is 5.75 Å². The van der Waals surface area contributed by atoms with Gasteiger partial charge < -0.3 is 4.74 Å². The van der Waals surface area contributed by atoms with E-state index in [2.05, 4.69) is 10.3 Å². The number of aliphatic imine (C=N–C) groups is 1. The van der Waals surface area contributed by atoms with Gasteiger partial charge in [0.15, 0.2) is 11.4 Å². The van der Waals surface area contributed by atoms with Crippen LogP contribution in [0.5, 0.6) is 5.75 Å². The van der Waals surface area contributed by atoms with E-state index in [0.717, 1.165) is 17.8 Å². The van der Waals surface area contributed by atoms with Gasteiger partial charge >= 0.3 is 6.18 Å². The Kier molecular flexibility index (Phi) is 5.60. The first-order chi connectivity index (χ1) is 9.83. The Bertz CT molecular complexity index is 609. The summed E-state index contributed by atoms with van der Waals surface area (Å²) in [5, 5.41) is 10.8. The maximum Gasteiger partial charge on any atom is 0.454 e. The van der Waals surface area contributed by atoms with Crippen LogP contribution in [0.4, 0.5) is 18.9 Å². The Morgan fingerprint density at radius 3 is 2.62 bits per heavy atom. The van der Waals surface area contributed by atoms with Gasteiger partial charge in [-0.1, -0.05) is 11.8 Å². The summed E-state index contributed by atoms with van der Waals surface area (Å²) in [6.07, 6.45) is -1.84. The molecule has 0 saturated heterocycles. The number of carbonyl (C=O) groups is 1. The molecule has 0 unspecified atom stereocenters. The SMILES string of the molecule is COc1ccc(N=C(NC#N)SC)c(C(=O)C(F)(F)F)c1. The second kappa shape index (κ2) is 6.99. The average Bonchev–Trinajstić information content (AvgIpc) is 2.45. The van der Waals surface area contributed by atoms with Gasteiger partial charge in [-0.15, -0.1) is 0 Å². The number of thioether (sulfide) groups is 1. The molecule has 0 atom stereocenters. The third kappa shape index (κ3) is 4.39. The van der Waals surface area contributed by atoms with Crippen molar-refractivity contribution in [3.8, 4) is 11.9 Å². The van der Waals surface area contributed by atoms with Gasteiger partial charge in [0.05, 0.1) is 18.4 Å². The van der Waals surface area contributed by atoms with Crippen molar-refractivity contribution in [1.82, 2.24) is 5.32 Å². The molecule has 5 nitrogen and oxygen atoms in total. The zero-order chi connectivity index (χ0) is 16.0. The summed E-state index contributed by atoms with van der Waals surface area (Å²) in [5.41, 5.74) is -0.849. The summed E-state index contributed by atoms with van der Waals surface area (Å²) in [7, 11) is 1.27. The Morgan fingerprint density at radius 2 is 2.14 bits per heavy atom. The zero-order valence-electron chi connectivity index (χ0n) is 11.0. The molecule has 21 heavy (non-hydrogen) atoms. The van der Waals surface area contributed by atoms with Gasteiger partial charge in [0, 0.05) is 0 Å². The largest absolute Gasteiger partial charge is 0.497 e. The van der Waals surface area contributed by atoms with Crippen LogP contribution in [0.1, 0.15) is 10.4 Å². The first kappa shape index (κ1) is 16.8. The van der Waals surface area contributed by atoms with Crippen LogP contribution in [0.3, 0.4) is 0 Å². The highest BCUT2D eigenvalue weighted by Gasteiger charge is 2.40. The number of benzene rings is 1. The zero-order valence-corrected chi connectivity index (χ0v) is 11.8. The van der Waals surface area contributed by atoms with Crippen molar-refractivity contribution < 1.29 is 22.7 Å². The van der Waals surface area contributed by atoms with E-state index in [1.807, 2.05) is 0 Å². The van der Waals surface area contributed by atoms with E-state index in [9.17, 15) is 18.0 Å². The molecule has 0 aliphatic rings. The van der Waals surface area contributed by atoms with E-state index in [-0.39, 0.29) is 16.6 Å². The van der Waals surface area contributed by atoms with Gasteiger partial charge in [-0.25, -0.2) is 4.99 Å². The fourth-order valence-electron chi connectivity index (χ4n) is 1.36. The smallest absolute Gasteiger partial charge is 0.454 e. The third-order valence-corrected chi connectivity index (χ3v) is 2.86. The van der Waals surface area contributed by atoms with Crippen LogP contribution in [-0.2, 0) is 0 Å². The van der Waals surface area contributed by atoms with Gasteiger partial charge in [0.2, 0.25) is 0 Å². The van der Waals surface area contributed by atoms with Gasteiger partial charge in [0.25, 0.3) is 5.78 Å². The van der Waals surface area contributed by atoms with Crippen LogP contribution < -0.4 is 10.1 Å². The number of hydrogen-bond acceptors (Lipinski definition) is 5. The number of halogens is 3. The topological polar surface area (TPSA) is 74.5 Å². The first-order valence-corrected chi connectivity index (χ1v) is 6.63. The summed E-state index contributed by atoms with van der Waals surface area (Å²) in [5.74, 6) is -1.93. The van der Waals surface area contributed by atoms with Gasteiger partial charge in [-0.2, -0.15) is 18.4 Å². The Labute approximate surface area is 122 Å². The Morgan fingerprint density at radius 1 is 1.48 bits per heavy atom. The average molecular weight is 317 g/mol. The first-order valence-electron chi connectivity index (χ1n) is 5.40. The van der Waals surface area contributed by atoms with Gasteiger partial charge in [-0.05, 0) is 24.5 Å². The molecule has 0 saturated carbocycles. The van der Waals surface area contributed by atoms with Crippen LogP contribution in [0.25, 0.3) is 0 Å². The summed E-state index contributed by atoms with van der Waals surface area (Å²) < 4.78 is 42.6. The van der Waals surface area contributed by atoms with Crippen LogP contribution in [-0.4, -0.2) is 30.5 Å². The highest BCUT2D eigenvalue weighted by Crippen LogP contribution is 2.31. The standard InChI is InChI=1S/C12H10F3N3O2S/c1-20-7-3-4-9(18-11(21-2)17-6-16)8(5-7)10(19)12(13,14)15/h3-5H,1-2H3,(H,17,18). The molecule has 1 aromatic rings. The normalized spacial score (nSPS) is 11.7. The summed E-state index contributed by atoms with van der Waals surface area (Å²) in [4.78, 5) is 15.3. The molecule has 9 heteroatoms. The fourth-order valence-corrected chi connectivity index (χ4v) is 1.69. The number of ketones is 1. The number of nitriles is 1. The van der Waals surface area contributed by atoms with Crippen LogP contribution >= 0.6 is 11.8 Å². The minimum Gasteiger partial charge on any atom is -0.497 e. The molecule has 1 aromatic carbocycles. The molecule has 0 fully saturated rings. The number of alkyl halides is 3. The number of hydrogen-bond donors (Lipinski definition) is 1. The maximum atomic E-state index is 12.6. The second-order valence-electron chi connectivity index (χ2n) is 3.57. The number of nitrogens with one attached hydrogen (secondary N) is 1. The van der Waals surface area contributed by atoms with Crippen molar-refractivity contribution in [2.75, 3.05) is 13.4 Å². The highest BCUT2D eigenvalue weighted by atomic mass is 32.2. The minimum atomic E-state index is -5.03. The molecule has 0 heterocycles. The molecule has 0 aliphatic heterocycles. The lowest BCUT2D eigenvalue weighted by Gasteiger charge is -2.10. The van der Waals surface area contributed by atoms with Crippen LogP contribution in [0.2, 0.25) is 0 Å². The predicted octanol–water partition coefficient (Wildman–Crippen LogP) is 2.86. The van der Waals surface area contributed by atoms with Crippen LogP contribution in [0.15, 0.2) is 23.2 Å². The number of carbonyl (C=O) groups excluding carboxylic acids is 1. The van der Waals surface area contributed by atoms with Crippen molar-refractivity contribution >= 4 is 28.4 Å². The van der Waals surface area contributed by atoms with E-state index in [0.29, 0.717) is 0 Å². The quantitative estimate of drug-likeness (QED) is 0.305. The van der Waals surface area contributed by atoms with E-state index in [4.69, 9.17) is 10.00 Å². The number of methoxy groups -OCH3 is 1. The monoisotopic (exact) mass is 317 g/mol. The lowest BCUT2D eigenvalue weighted by Crippen LogP contribution is -2.23. The summed E-state index contributed by atoms with van der Waals surface area (Å²) >= 11 is 1.02. The minimum absolute atomic E-state index is 0.0684. The molecule has 0 aromatic heterocycles. The van der Waals surface area contributed by atoms with Crippen LogP contribution in [0, 0.1) is 11.5 Å². The maximum absolute atomic E-state index is 12.6. The molecule has 0 amide bonds. The molecular formula is C12H10F3N3O2S. The molecule has 0 radical (unpaired) electrons. The third-order valence-electron chi connectivity index (χ3n) is 2.28. The van der Waals surface area contributed by atoms with Crippen molar-refractivity contribution in [3.05, 3.63) is 23.8 Å². The van der Waals surface area contributed by atoms with Gasteiger partial charge in [-0.3, -0.25) is 10.1 Å². The van der Waals surface area contributed by atoms with E-state index < -0.39 is 17.5 Å². The van der Waals surface area contributed by atoms with E-state index in [1.54, 1.807) is 12.4 Å². The predicted molar refractivity (Wildman–Crippen MR) is 72.7 cm³/mol. The number of nitrogens with zero attached hydrogens (tertiary/aromatic N) is 2. The molecule has 0 bridgehead atoms. The molecular weight excluding hydrogens is 307 g/mol. The highest BCUT2D eigenvalue weighted by molar-refractivity contribution is 8.13. The Hall–Kier alpha value is -2.21.